The van der Waals surface area contributed by atoms with E-state index in [9.17, 15) is 0 Å². The molecule has 0 aliphatic rings. The largest absolute Gasteiger partial charge is 0.322 e. The molecular formula is C7H13N3. The number of imidazole rings is 1. The topological polar surface area (TPSA) is 43.8 Å². The van der Waals surface area contributed by atoms with Crippen molar-refractivity contribution in [2.24, 2.45) is 5.73 Å². The maximum Gasteiger partial charge on any atom is 0.112 e. The molecule has 0 aliphatic carbocycles. The number of nitrogens with two attached hydrogens (primary N) is 1. The van der Waals surface area contributed by atoms with Crippen molar-refractivity contribution >= 4 is 0 Å². The number of nitrogens with zero attached hydrogens (tertiary/aromatic N) is 2. The summed E-state index contributed by atoms with van der Waals surface area (Å²) in [7, 11) is 0. The van der Waals surface area contributed by atoms with Crippen molar-refractivity contribution < 1.29 is 0 Å². The molecule has 3 nitrogen and oxygen atoms in total. The molecule has 1 heterocycles. The predicted octanol–water partition coefficient (Wildman–Crippen LogP) is 0.923. The van der Waals surface area contributed by atoms with Gasteiger partial charge in [-0.1, -0.05) is 13.8 Å². The summed E-state index contributed by atoms with van der Waals surface area (Å²) in [6.07, 6.45) is 3.68. The van der Waals surface area contributed by atoms with Gasteiger partial charge in [0.1, 0.15) is 5.82 Å². The quantitative estimate of drug-likeness (QED) is 0.662. The first-order valence-corrected chi connectivity index (χ1v) is 3.46. The van der Waals surface area contributed by atoms with Gasteiger partial charge in [0.25, 0.3) is 0 Å². The zero-order valence-corrected chi connectivity index (χ0v) is 6.41. The van der Waals surface area contributed by atoms with Gasteiger partial charge in [0.15, 0.2) is 0 Å². The van der Waals surface area contributed by atoms with Crippen molar-refractivity contribution in [1.29, 1.82) is 0 Å². The summed E-state index contributed by atoms with van der Waals surface area (Å²) in [5.41, 5.74) is 5.46. The van der Waals surface area contributed by atoms with E-state index in [1.165, 1.54) is 0 Å². The smallest absolute Gasteiger partial charge is 0.112 e. The van der Waals surface area contributed by atoms with Crippen LogP contribution in [0, 0.1) is 0 Å². The number of rotatable bonds is 2. The third-order valence-electron chi connectivity index (χ3n) is 1.46. The van der Waals surface area contributed by atoms with Gasteiger partial charge in [-0.15, -0.1) is 0 Å². The molecule has 2 N–H and O–H groups in total. The predicted molar refractivity (Wildman–Crippen MR) is 40.5 cm³/mol. The third kappa shape index (κ3) is 1.19. The highest BCUT2D eigenvalue weighted by atomic mass is 15.1. The van der Waals surface area contributed by atoms with Gasteiger partial charge in [0, 0.05) is 18.3 Å². The van der Waals surface area contributed by atoms with E-state index < -0.39 is 0 Å². The highest BCUT2D eigenvalue weighted by molar-refractivity contribution is 4.96. The monoisotopic (exact) mass is 139 g/mol. The molecule has 0 aliphatic heterocycles. The minimum atomic E-state index is 0.457. The first kappa shape index (κ1) is 7.28. The van der Waals surface area contributed by atoms with Gasteiger partial charge in [-0.25, -0.2) is 4.98 Å². The second kappa shape index (κ2) is 2.84. The lowest BCUT2D eigenvalue weighted by Gasteiger charge is -2.06. The van der Waals surface area contributed by atoms with Crippen LogP contribution in [-0.4, -0.2) is 9.55 Å². The van der Waals surface area contributed by atoms with E-state index in [0.29, 0.717) is 12.6 Å². The molecule has 0 amide bonds. The highest BCUT2D eigenvalue weighted by Crippen LogP contribution is 2.09. The molecule has 10 heavy (non-hydrogen) atoms. The minimum absolute atomic E-state index is 0.457. The Morgan fingerprint density at radius 3 is 2.80 bits per heavy atom. The molecular weight excluding hydrogens is 126 g/mol. The summed E-state index contributed by atoms with van der Waals surface area (Å²) in [5, 5.41) is 0. The van der Waals surface area contributed by atoms with Crippen LogP contribution in [0.2, 0.25) is 0 Å². The van der Waals surface area contributed by atoms with Crippen LogP contribution in [0.3, 0.4) is 0 Å². The normalized spacial score (nSPS) is 10.8. The molecule has 0 saturated heterocycles. The molecule has 1 aromatic rings. The molecule has 0 unspecified atom stereocenters. The molecule has 1 rings (SSSR count). The fraction of sp³-hybridized carbons (Fsp3) is 0.571. The first-order valence-electron chi connectivity index (χ1n) is 3.46. The van der Waals surface area contributed by atoms with Crippen LogP contribution >= 0.6 is 0 Å². The standard InChI is InChI=1S/C7H13N3/c1-6(2)7-9-3-4-10(7)5-8/h3-4,6H,5,8H2,1-2H3. The van der Waals surface area contributed by atoms with Crippen LogP contribution < -0.4 is 5.73 Å². The second-order valence-corrected chi connectivity index (χ2v) is 2.59. The molecule has 0 atom stereocenters. The van der Waals surface area contributed by atoms with Gasteiger partial charge in [0.2, 0.25) is 0 Å². The van der Waals surface area contributed by atoms with E-state index in [1.807, 2.05) is 10.8 Å². The van der Waals surface area contributed by atoms with Crippen LogP contribution in [-0.2, 0) is 6.67 Å². The Kier molecular flexibility index (Phi) is 2.06. The maximum atomic E-state index is 5.46. The van der Waals surface area contributed by atoms with Gasteiger partial charge in [-0.05, 0) is 0 Å². The summed E-state index contributed by atoms with van der Waals surface area (Å²) in [4.78, 5) is 4.17. The maximum absolute atomic E-state index is 5.46. The van der Waals surface area contributed by atoms with E-state index in [0.717, 1.165) is 5.82 Å². The van der Waals surface area contributed by atoms with E-state index in [2.05, 4.69) is 18.8 Å². The summed E-state index contributed by atoms with van der Waals surface area (Å²) in [5.74, 6) is 1.51. The van der Waals surface area contributed by atoms with Crippen LogP contribution in [0.5, 0.6) is 0 Å². The molecule has 0 spiro atoms. The fourth-order valence-corrected chi connectivity index (χ4v) is 0.976. The Morgan fingerprint density at radius 1 is 1.70 bits per heavy atom. The average molecular weight is 139 g/mol. The van der Waals surface area contributed by atoms with Crippen molar-refractivity contribution in [2.45, 2.75) is 26.4 Å². The Bertz CT molecular complexity index is 202. The number of hydrogen-bond acceptors (Lipinski definition) is 2. The SMILES string of the molecule is CC(C)c1nccn1CN. The van der Waals surface area contributed by atoms with Crippen LogP contribution in [0.1, 0.15) is 25.6 Å². The van der Waals surface area contributed by atoms with E-state index >= 15 is 0 Å². The summed E-state index contributed by atoms with van der Waals surface area (Å²) in [6, 6.07) is 0. The Labute approximate surface area is 60.9 Å². The zero-order chi connectivity index (χ0) is 7.56. The molecule has 0 saturated carbocycles. The van der Waals surface area contributed by atoms with Gasteiger partial charge < -0.3 is 10.3 Å². The molecule has 3 heteroatoms. The van der Waals surface area contributed by atoms with Crippen molar-refractivity contribution in [3.05, 3.63) is 18.2 Å². The summed E-state index contributed by atoms with van der Waals surface area (Å²) >= 11 is 0. The molecule has 1 aromatic heterocycles. The van der Waals surface area contributed by atoms with Crippen LogP contribution in [0.4, 0.5) is 0 Å². The highest BCUT2D eigenvalue weighted by Gasteiger charge is 2.03. The first-order chi connectivity index (χ1) is 4.75. The van der Waals surface area contributed by atoms with Crippen LogP contribution in [0.15, 0.2) is 12.4 Å². The van der Waals surface area contributed by atoms with Crippen LogP contribution in [0.25, 0.3) is 0 Å². The molecule has 0 aromatic carbocycles. The molecule has 0 fully saturated rings. The third-order valence-corrected chi connectivity index (χ3v) is 1.46. The minimum Gasteiger partial charge on any atom is -0.322 e. The Morgan fingerprint density at radius 2 is 2.40 bits per heavy atom. The lowest BCUT2D eigenvalue weighted by Crippen LogP contribution is -2.10. The Balaban J connectivity index is 2.90. The Hall–Kier alpha value is -0.830. The van der Waals surface area contributed by atoms with E-state index in [-0.39, 0.29) is 0 Å². The lowest BCUT2D eigenvalue weighted by atomic mass is 10.2. The van der Waals surface area contributed by atoms with Gasteiger partial charge in [-0.3, -0.25) is 0 Å². The summed E-state index contributed by atoms with van der Waals surface area (Å²) < 4.78 is 1.95. The van der Waals surface area contributed by atoms with Crippen molar-refractivity contribution in [3.63, 3.8) is 0 Å². The summed E-state index contributed by atoms with van der Waals surface area (Å²) in [6.45, 7) is 4.73. The van der Waals surface area contributed by atoms with Gasteiger partial charge in [-0.2, -0.15) is 0 Å². The zero-order valence-electron chi connectivity index (χ0n) is 6.41. The second-order valence-electron chi connectivity index (χ2n) is 2.59. The van der Waals surface area contributed by atoms with Gasteiger partial charge in [0.05, 0.1) is 6.67 Å². The van der Waals surface area contributed by atoms with Gasteiger partial charge >= 0.3 is 0 Å². The molecule has 56 valence electrons. The van der Waals surface area contributed by atoms with Crippen molar-refractivity contribution in [3.8, 4) is 0 Å². The van der Waals surface area contributed by atoms with Crippen molar-refractivity contribution in [2.75, 3.05) is 0 Å². The lowest BCUT2D eigenvalue weighted by molar-refractivity contribution is 0.637. The molecule has 0 radical (unpaired) electrons. The average Bonchev–Trinajstić information content (AvgIpc) is 2.33. The molecule has 0 bridgehead atoms. The van der Waals surface area contributed by atoms with E-state index in [4.69, 9.17) is 5.73 Å². The fourth-order valence-electron chi connectivity index (χ4n) is 0.976. The van der Waals surface area contributed by atoms with Crippen molar-refractivity contribution in [1.82, 2.24) is 9.55 Å². The van der Waals surface area contributed by atoms with E-state index in [1.54, 1.807) is 6.20 Å². The number of aromatic nitrogens is 2. The number of hydrogen-bond donors (Lipinski definition) is 1.